The van der Waals surface area contributed by atoms with Crippen LogP contribution in [-0.4, -0.2) is 19.8 Å². The predicted molar refractivity (Wildman–Crippen MR) is 59.6 cm³/mol. The maximum absolute atomic E-state index is 11.1. The van der Waals surface area contributed by atoms with Gasteiger partial charge in [-0.2, -0.15) is 0 Å². The number of hydrogen-bond acceptors (Lipinski definition) is 3. The van der Waals surface area contributed by atoms with Gasteiger partial charge >= 0.3 is 6.03 Å². The number of anilines is 1. The van der Waals surface area contributed by atoms with Gasteiger partial charge in [0.05, 0.1) is 4.47 Å². The van der Waals surface area contributed by atoms with Crippen LogP contribution in [0.5, 0.6) is 0 Å². The fourth-order valence-electron chi connectivity index (χ4n) is 0.840. The van der Waals surface area contributed by atoms with E-state index in [0.717, 1.165) is 5.69 Å². The Morgan fingerprint density at radius 3 is 2.87 bits per heavy atom. The molecule has 15 heavy (non-hydrogen) atoms. The van der Waals surface area contributed by atoms with Crippen molar-refractivity contribution < 1.29 is 13.6 Å². The molecule has 1 atom stereocenters. The second-order valence-corrected chi connectivity index (χ2v) is 4.15. The molecule has 0 saturated heterocycles. The van der Waals surface area contributed by atoms with Crippen molar-refractivity contribution in [1.29, 1.82) is 0 Å². The van der Waals surface area contributed by atoms with Crippen LogP contribution in [0.2, 0.25) is 0 Å². The van der Waals surface area contributed by atoms with Crippen molar-refractivity contribution in [2.45, 2.75) is 6.92 Å². The molecule has 3 N–H and O–H groups in total. The fourth-order valence-corrected chi connectivity index (χ4v) is 1.37. The van der Waals surface area contributed by atoms with Gasteiger partial charge in [0.2, 0.25) is 0 Å². The summed E-state index contributed by atoms with van der Waals surface area (Å²) in [4.78, 5) is 15.1. The number of carbonyl (C=O) groups excluding carboxylic acids is 1. The number of aromatic nitrogens is 1. The van der Waals surface area contributed by atoms with Crippen LogP contribution in [0.15, 0.2) is 16.6 Å². The first kappa shape index (κ1) is 12.1. The van der Waals surface area contributed by atoms with E-state index in [-0.39, 0.29) is 5.82 Å². The molecule has 0 bridgehead atoms. The molecule has 0 saturated carbocycles. The first-order valence-electron chi connectivity index (χ1n) is 3.80. The summed E-state index contributed by atoms with van der Waals surface area (Å²) < 4.78 is 21.0. The van der Waals surface area contributed by atoms with E-state index in [1.807, 2.05) is 0 Å². The third kappa shape index (κ3) is 3.94. The van der Waals surface area contributed by atoms with Crippen molar-refractivity contribution in [3.05, 3.63) is 22.3 Å². The molecule has 1 rings (SSSR count). The lowest BCUT2D eigenvalue weighted by molar-refractivity contribution is 0.256. The number of rotatable bonds is 2. The Labute approximate surface area is 97.0 Å². The van der Waals surface area contributed by atoms with Crippen LogP contribution >= 0.6 is 15.9 Å². The average Bonchev–Trinajstić information content (AvgIpc) is 2.10. The predicted octanol–water partition coefficient (Wildman–Crippen LogP) is 1.41. The van der Waals surface area contributed by atoms with Crippen LogP contribution in [0.4, 0.5) is 10.6 Å². The Hall–Kier alpha value is -0.990. The van der Waals surface area contributed by atoms with Crippen LogP contribution in [-0.2, 0) is 11.3 Å². The second kappa shape index (κ2) is 5.19. The minimum Gasteiger partial charge on any atom is -0.291 e. The van der Waals surface area contributed by atoms with Gasteiger partial charge in [0.1, 0.15) is 5.82 Å². The van der Waals surface area contributed by atoms with Crippen LogP contribution in [0, 0.1) is 6.92 Å². The molecule has 0 radical (unpaired) electrons. The Balaban J connectivity index is 2.76. The number of halogens is 1. The van der Waals surface area contributed by atoms with E-state index >= 15 is 0 Å². The van der Waals surface area contributed by atoms with E-state index in [1.165, 1.54) is 0 Å². The van der Waals surface area contributed by atoms with Crippen molar-refractivity contribution in [3.63, 3.8) is 0 Å². The van der Waals surface area contributed by atoms with E-state index in [1.54, 1.807) is 23.8 Å². The van der Waals surface area contributed by atoms with Crippen molar-refractivity contribution in [2.75, 3.05) is 5.32 Å². The first-order chi connectivity index (χ1) is 6.99. The summed E-state index contributed by atoms with van der Waals surface area (Å²) in [5, 5.41) is 2.32. The highest BCUT2D eigenvalue weighted by Gasteiger charge is 2.08. The van der Waals surface area contributed by atoms with Gasteiger partial charge in [0.15, 0.2) is 0 Å². The molecule has 0 fully saturated rings. The first-order valence-corrected chi connectivity index (χ1v) is 5.70. The molecule has 1 aromatic heterocycles. The normalized spacial score (nSPS) is 11.9. The Morgan fingerprint density at radius 2 is 2.27 bits per heavy atom. The summed E-state index contributed by atoms with van der Waals surface area (Å²) in [5.74, 6) is 0.290. The molecule has 0 aliphatic rings. The number of urea groups is 1. The van der Waals surface area contributed by atoms with Gasteiger partial charge in [-0.3, -0.25) is 9.87 Å². The smallest absolute Gasteiger partial charge is 0.291 e. The van der Waals surface area contributed by atoms with Crippen LogP contribution < -0.4 is 10.0 Å². The Bertz CT molecular complexity index is 412. The lowest BCUT2D eigenvalue weighted by Crippen LogP contribution is -2.30. The quantitative estimate of drug-likeness (QED) is 0.719. The van der Waals surface area contributed by atoms with Gasteiger partial charge in [-0.1, -0.05) is 0 Å². The molecule has 82 valence electrons. The SMILES string of the molecule is Cc1ccc(Br)c(NC(=O)NS(=O)O)n1. The Morgan fingerprint density at radius 1 is 1.60 bits per heavy atom. The monoisotopic (exact) mass is 293 g/mol. The maximum atomic E-state index is 11.1. The third-order valence-corrected chi connectivity index (χ3v) is 2.40. The van der Waals surface area contributed by atoms with E-state index in [9.17, 15) is 9.00 Å². The third-order valence-electron chi connectivity index (χ3n) is 1.40. The summed E-state index contributed by atoms with van der Waals surface area (Å²) >= 11 is 0.795. The molecule has 0 spiro atoms. The minimum absolute atomic E-state index is 0.290. The van der Waals surface area contributed by atoms with Gasteiger partial charge in [-0.15, -0.1) is 0 Å². The molecule has 1 heterocycles. The molecule has 1 unspecified atom stereocenters. The Kier molecular flexibility index (Phi) is 4.18. The van der Waals surface area contributed by atoms with Gasteiger partial charge in [0.25, 0.3) is 11.3 Å². The van der Waals surface area contributed by atoms with E-state index < -0.39 is 17.3 Å². The lowest BCUT2D eigenvalue weighted by atomic mass is 10.4. The molecule has 6 nitrogen and oxygen atoms in total. The van der Waals surface area contributed by atoms with Crippen molar-refractivity contribution in [2.24, 2.45) is 0 Å². The van der Waals surface area contributed by atoms with Gasteiger partial charge in [-0.05, 0) is 35.0 Å². The number of nitrogens with one attached hydrogen (secondary N) is 2. The van der Waals surface area contributed by atoms with E-state index in [4.69, 9.17) is 4.55 Å². The second-order valence-electron chi connectivity index (χ2n) is 2.59. The molecule has 2 amide bonds. The highest BCUT2D eigenvalue weighted by Crippen LogP contribution is 2.19. The maximum Gasteiger partial charge on any atom is 0.334 e. The van der Waals surface area contributed by atoms with Gasteiger partial charge in [-0.25, -0.2) is 18.7 Å². The summed E-state index contributed by atoms with van der Waals surface area (Å²) in [6.07, 6.45) is 0. The minimum atomic E-state index is -2.39. The molecule has 1 aromatic rings. The van der Waals surface area contributed by atoms with Crippen molar-refractivity contribution in [1.82, 2.24) is 9.71 Å². The van der Waals surface area contributed by atoms with Crippen molar-refractivity contribution >= 4 is 39.0 Å². The number of pyridine rings is 1. The number of hydrogen-bond donors (Lipinski definition) is 3. The van der Waals surface area contributed by atoms with Crippen molar-refractivity contribution in [3.8, 4) is 0 Å². The number of nitrogens with zero attached hydrogens (tertiary/aromatic N) is 1. The number of amides is 2. The number of aryl methyl sites for hydroxylation is 1. The fraction of sp³-hybridized carbons (Fsp3) is 0.143. The summed E-state index contributed by atoms with van der Waals surface area (Å²) in [6.45, 7) is 1.76. The van der Waals surface area contributed by atoms with Crippen LogP contribution in [0.1, 0.15) is 5.69 Å². The van der Waals surface area contributed by atoms with Crippen LogP contribution in [0.3, 0.4) is 0 Å². The van der Waals surface area contributed by atoms with Crippen LogP contribution in [0.25, 0.3) is 0 Å². The lowest BCUT2D eigenvalue weighted by Gasteiger charge is -2.06. The highest BCUT2D eigenvalue weighted by atomic mass is 79.9. The largest absolute Gasteiger partial charge is 0.334 e. The van der Waals surface area contributed by atoms with Gasteiger partial charge in [0, 0.05) is 5.69 Å². The average molecular weight is 294 g/mol. The zero-order valence-electron chi connectivity index (χ0n) is 7.65. The molecule has 0 aliphatic carbocycles. The molecule has 0 aliphatic heterocycles. The summed E-state index contributed by atoms with van der Waals surface area (Å²) in [7, 11) is 0. The van der Waals surface area contributed by atoms with E-state index in [2.05, 4.69) is 26.2 Å². The molecular weight excluding hydrogens is 286 g/mol. The molecule has 0 aromatic carbocycles. The zero-order chi connectivity index (χ0) is 11.4. The standard InChI is InChI=1S/C7H8BrN3O3S/c1-4-2-3-5(8)6(9-4)10-7(12)11-15(13)14/h2-3H,1H3,(H,13,14)(H2,9,10,11,12). The summed E-state index contributed by atoms with van der Waals surface area (Å²) in [6, 6.07) is 2.68. The number of carbonyl (C=O) groups is 1. The van der Waals surface area contributed by atoms with Gasteiger partial charge < -0.3 is 0 Å². The zero-order valence-corrected chi connectivity index (χ0v) is 10.1. The highest BCUT2D eigenvalue weighted by molar-refractivity contribution is 9.10. The molecule has 8 heteroatoms. The molecular formula is C7H8BrN3O3S. The summed E-state index contributed by atoms with van der Waals surface area (Å²) in [5.41, 5.74) is 0.721. The topological polar surface area (TPSA) is 91.3 Å². The van der Waals surface area contributed by atoms with E-state index in [0.29, 0.717) is 4.47 Å².